The highest BCUT2D eigenvalue weighted by molar-refractivity contribution is 6.39. The third-order valence-corrected chi connectivity index (χ3v) is 5.82. The van der Waals surface area contributed by atoms with Gasteiger partial charge in [0.1, 0.15) is 11.3 Å². The molecule has 11 heteroatoms. The second-order valence-corrected chi connectivity index (χ2v) is 8.15. The molecule has 178 valence electrons. The summed E-state index contributed by atoms with van der Waals surface area (Å²) in [4.78, 5) is 49.8. The van der Waals surface area contributed by atoms with Gasteiger partial charge >= 0.3 is 6.03 Å². The maximum absolute atomic E-state index is 13.2. The SMILES string of the molecule is COc1ccc([N+](=O)[O-])cc1-n1c(C)cc(/C=C2\C(=O)NC(=O)N(c3ccc(Cl)cc3)C2=O)c1C. The van der Waals surface area contributed by atoms with Gasteiger partial charge in [-0.15, -0.1) is 0 Å². The van der Waals surface area contributed by atoms with Crippen LogP contribution in [0, 0.1) is 24.0 Å². The van der Waals surface area contributed by atoms with E-state index < -0.39 is 22.8 Å². The molecule has 4 rings (SSSR count). The van der Waals surface area contributed by atoms with Crippen LogP contribution >= 0.6 is 11.6 Å². The summed E-state index contributed by atoms with van der Waals surface area (Å²) in [5, 5.41) is 13.9. The fraction of sp³-hybridized carbons (Fsp3) is 0.125. The average molecular weight is 495 g/mol. The Bertz CT molecular complexity index is 1420. The fourth-order valence-electron chi connectivity index (χ4n) is 3.91. The zero-order chi connectivity index (χ0) is 25.4. The van der Waals surface area contributed by atoms with E-state index in [0.29, 0.717) is 33.4 Å². The number of rotatable bonds is 5. The molecule has 1 aliphatic rings. The number of halogens is 1. The maximum atomic E-state index is 13.2. The summed E-state index contributed by atoms with van der Waals surface area (Å²) in [6.45, 7) is 3.52. The molecule has 1 fully saturated rings. The minimum Gasteiger partial charge on any atom is -0.495 e. The molecule has 0 unspecified atom stereocenters. The van der Waals surface area contributed by atoms with E-state index in [-0.39, 0.29) is 16.9 Å². The number of anilines is 1. The highest BCUT2D eigenvalue weighted by atomic mass is 35.5. The van der Waals surface area contributed by atoms with Gasteiger partial charge in [0, 0.05) is 28.5 Å². The summed E-state index contributed by atoms with van der Waals surface area (Å²) in [5.41, 5.74) is 2.12. The first-order valence-corrected chi connectivity index (χ1v) is 10.7. The molecule has 1 N–H and O–H groups in total. The number of aryl methyl sites for hydroxylation is 1. The van der Waals surface area contributed by atoms with Crippen molar-refractivity contribution in [3.8, 4) is 11.4 Å². The molecule has 4 amide bonds. The molecular formula is C24H19ClN4O6. The molecule has 0 aliphatic carbocycles. The predicted octanol–water partition coefficient (Wildman–Crippen LogP) is 4.33. The molecule has 10 nitrogen and oxygen atoms in total. The smallest absolute Gasteiger partial charge is 0.335 e. The minimum atomic E-state index is -0.869. The van der Waals surface area contributed by atoms with Gasteiger partial charge in [0.15, 0.2) is 0 Å². The second kappa shape index (κ2) is 9.07. The number of hydrogen-bond donors (Lipinski definition) is 1. The number of carbonyl (C=O) groups is 3. The number of benzene rings is 2. The predicted molar refractivity (Wildman–Crippen MR) is 129 cm³/mol. The number of urea groups is 1. The third kappa shape index (κ3) is 4.26. The Labute approximate surface area is 204 Å². The van der Waals surface area contributed by atoms with E-state index >= 15 is 0 Å². The normalized spacial score (nSPS) is 14.9. The lowest BCUT2D eigenvalue weighted by Crippen LogP contribution is -2.54. The van der Waals surface area contributed by atoms with Crippen LogP contribution in [0.3, 0.4) is 0 Å². The number of nitro groups is 1. The quantitative estimate of drug-likeness (QED) is 0.243. The molecule has 1 aliphatic heterocycles. The monoisotopic (exact) mass is 494 g/mol. The standard InChI is InChI=1S/C24H19ClN4O6/c1-13-10-15(14(2)27(13)20-12-18(29(33)34)8-9-21(20)35-3)11-19-22(30)26-24(32)28(23(19)31)17-6-4-16(25)5-7-17/h4-12H,1-3H3,(H,26,30,32)/b19-11+. The summed E-state index contributed by atoms with van der Waals surface area (Å²) in [7, 11) is 1.45. The maximum Gasteiger partial charge on any atom is 0.335 e. The number of imide groups is 2. The van der Waals surface area contributed by atoms with Crippen LogP contribution in [0.4, 0.5) is 16.2 Å². The van der Waals surface area contributed by atoms with Crippen LogP contribution in [0.1, 0.15) is 17.0 Å². The summed E-state index contributed by atoms with van der Waals surface area (Å²) < 4.78 is 7.12. The lowest BCUT2D eigenvalue weighted by molar-refractivity contribution is -0.384. The molecule has 3 aromatic rings. The van der Waals surface area contributed by atoms with Crippen LogP contribution in [0.15, 0.2) is 54.1 Å². The van der Waals surface area contributed by atoms with Crippen molar-refractivity contribution in [2.45, 2.75) is 13.8 Å². The van der Waals surface area contributed by atoms with Gasteiger partial charge < -0.3 is 9.30 Å². The highest BCUT2D eigenvalue weighted by Crippen LogP contribution is 2.32. The largest absolute Gasteiger partial charge is 0.495 e. The van der Waals surface area contributed by atoms with Crippen molar-refractivity contribution in [3.63, 3.8) is 0 Å². The molecule has 2 aromatic carbocycles. The number of aromatic nitrogens is 1. The van der Waals surface area contributed by atoms with Gasteiger partial charge in [-0.05, 0) is 61.9 Å². The van der Waals surface area contributed by atoms with Gasteiger partial charge in [0.2, 0.25) is 0 Å². The van der Waals surface area contributed by atoms with Gasteiger partial charge in [-0.2, -0.15) is 0 Å². The van der Waals surface area contributed by atoms with Gasteiger partial charge in [-0.25, -0.2) is 9.69 Å². The lowest BCUT2D eigenvalue weighted by Gasteiger charge is -2.26. The first-order chi connectivity index (χ1) is 16.6. The van der Waals surface area contributed by atoms with Crippen LogP contribution in [0.5, 0.6) is 5.75 Å². The van der Waals surface area contributed by atoms with Crippen molar-refractivity contribution in [2.75, 3.05) is 12.0 Å². The zero-order valence-electron chi connectivity index (χ0n) is 18.9. The zero-order valence-corrected chi connectivity index (χ0v) is 19.6. The number of nitrogens with zero attached hydrogens (tertiary/aromatic N) is 3. The molecule has 1 aromatic heterocycles. The van der Waals surface area contributed by atoms with Crippen molar-refractivity contribution in [1.29, 1.82) is 0 Å². The Morgan fingerprint density at radius 3 is 2.37 bits per heavy atom. The van der Waals surface area contributed by atoms with Gasteiger partial charge in [-0.3, -0.25) is 25.0 Å². The number of non-ortho nitro benzene ring substituents is 1. The van der Waals surface area contributed by atoms with Crippen molar-refractivity contribution in [1.82, 2.24) is 9.88 Å². The summed E-state index contributed by atoms with van der Waals surface area (Å²) >= 11 is 5.90. The van der Waals surface area contributed by atoms with Crippen molar-refractivity contribution in [2.24, 2.45) is 0 Å². The number of ether oxygens (including phenoxy) is 1. The molecule has 0 radical (unpaired) electrons. The summed E-state index contributed by atoms with van der Waals surface area (Å²) in [6.07, 6.45) is 1.38. The van der Waals surface area contributed by atoms with Crippen LogP contribution < -0.4 is 15.0 Å². The van der Waals surface area contributed by atoms with Crippen LogP contribution in [0.2, 0.25) is 5.02 Å². The van der Waals surface area contributed by atoms with E-state index in [1.165, 1.54) is 55.7 Å². The van der Waals surface area contributed by atoms with Gasteiger partial charge in [0.05, 0.1) is 23.4 Å². The lowest BCUT2D eigenvalue weighted by atomic mass is 10.1. The van der Waals surface area contributed by atoms with E-state index in [1.54, 1.807) is 24.5 Å². The van der Waals surface area contributed by atoms with Gasteiger partial charge in [-0.1, -0.05) is 11.6 Å². The fourth-order valence-corrected chi connectivity index (χ4v) is 4.03. The molecule has 35 heavy (non-hydrogen) atoms. The topological polar surface area (TPSA) is 124 Å². The summed E-state index contributed by atoms with van der Waals surface area (Å²) in [5.74, 6) is -1.22. The Hall–Kier alpha value is -4.44. The van der Waals surface area contributed by atoms with Crippen LogP contribution in [-0.2, 0) is 9.59 Å². The first-order valence-electron chi connectivity index (χ1n) is 10.3. The average Bonchev–Trinajstić information content (AvgIpc) is 3.09. The number of nitro benzene ring substituents is 1. The number of carbonyl (C=O) groups excluding carboxylic acids is 3. The van der Waals surface area contributed by atoms with E-state index in [9.17, 15) is 24.5 Å². The van der Waals surface area contributed by atoms with E-state index in [2.05, 4.69) is 5.32 Å². The number of barbiturate groups is 1. The van der Waals surface area contributed by atoms with E-state index in [0.717, 1.165) is 4.90 Å². The Morgan fingerprint density at radius 1 is 1.06 bits per heavy atom. The van der Waals surface area contributed by atoms with E-state index in [1.807, 2.05) is 0 Å². The minimum absolute atomic E-state index is 0.118. The Balaban J connectivity index is 1.80. The molecular weight excluding hydrogens is 476 g/mol. The van der Waals surface area contributed by atoms with Crippen molar-refractivity contribution >= 4 is 46.9 Å². The number of methoxy groups -OCH3 is 1. The molecule has 0 spiro atoms. The van der Waals surface area contributed by atoms with Gasteiger partial charge in [0.25, 0.3) is 17.5 Å². The van der Waals surface area contributed by atoms with E-state index in [4.69, 9.17) is 16.3 Å². The number of hydrogen-bond acceptors (Lipinski definition) is 6. The van der Waals surface area contributed by atoms with Crippen molar-refractivity contribution < 1.29 is 24.0 Å². The van der Waals surface area contributed by atoms with Crippen LogP contribution in [-0.4, -0.2) is 34.4 Å². The van der Waals surface area contributed by atoms with Crippen molar-refractivity contribution in [3.05, 3.63) is 86.2 Å². The highest BCUT2D eigenvalue weighted by Gasteiger charge is 2.37. The first kappa shape index (κ1) is 23.7. The second-order valence-electron chi connectivity index (χ2n) is 7.71. The molecule has 0 saturated carbocycles. The number of nitrogens with one attached hydrogen (secondary N) is 1. The summed E-state index contributed by atoms with van der Waals surface area (Å²) in [6, 6.07) is 11.1. The Morgan fingerprint density at radius 2 is 1.74 bits per heavy atom. The number of amides is 4. The molecule has 2 heterocycles. The molecule has 0 bridgehead atoms. The third-order valence-electron chi connectivity index (χ3n) is 5.57. The Kier molecular flexibility index (Phi) is 6.14. The van der Waals surface area contributed by atoms with Crippen LogP contribution in [0.25, 0.3) is 11.8 Å². The molecule has 0 atom stereocenters. The molecule has 1 saturated heterocycles.